The SMILES string of the molecule is COc1cc2c(cc1OCCCCCOc1cc3c(cc1OC)C(=O)N1C=C(C)CC1C(O)N3C(=O)OCc1ccc(NC(=O)C(C)NC(=O)C(NC(=O)CCOCCOCCOCCOCCOCCOCCOCCOCCNC(=O)CCN3C(=O)C(Cc4ccccccccc4)CC3O)C(C)C)cc1)N=CC1CC(C)=CN1C2=O. The van der Waals surface area contributed by atoms with Crippen LogP contribution in [0.15, 0.2) is 132 Å². The Balaban J connectivity index is 0.564. The van der Waals surface area contributed by atoms with Gasteiger partial charge in [0.1, 0.15) is 24.9 Å². The third-order valence-corrected chi connectivity index (χ3v) is 19.8. The van der Waals surface area contributed by atoms with E-state index in [-0.39, 0.29) is 111 Å². The number of unbranched alkanes of at least 4 members (excludes halogenated alkanes) is 2. The van der Waals surface area contributed by atoms with E-state index >= 15 is 0 Å². The number of benzene rings is 3. The van der Waals surface area contributed by atoms with Crippen LogP contribution in [-0.2, 0) is 79.6 Å². The predicted molar refractivity (Wildman–Crippen MR) is 436 cm³/mol. The van der Waals surface area contributed by atoms with Gasteiger partial charge in [0.25, 0.3) is 11.8 Å². The molecule has 0 aliphatic carbocycles. The lowest BCUT2D eigenvalue weighted by molar-refractivity contribution is -0.136. The summed E-state index contributed by atoms with van der Waals surface area (Å²) in [7, 11) is 2.96. The minimum atomic E-state index is -1.53. The van der Waals surface area contributed by atoms with E-state index in [1.54, 1.807) is 67.6 Å². The van der Waals surface area contributed by atoms with Crippen molar-refractivity contribution >= 4 is 70.7 Å². The number of amides is 8. The molecule has 4 aromatic carbocycles. The number of hydrogen-bond acceptors (Lipinski definition) is 24. The average Bonchev–Trinajstić information content (AvgIpc) is 1.60. The Morgan fingerprint density at radius 1 is 0.551 bits per heavy atom. The zero-order valence-electron chi connectivity index (χ0n) is 68.6. The molecule has 5 heterocycles. The Morgan fingerprint density at radius 2 is 1.08 bits per heavy atom. The van der Waals surface area contributed by atoms with Crippen LogP contribution in [0.25, 0.3) is 0 Å². The lowest BCUT2D eigenvalue weighted by Crippen LogP contribution is -2.53. The number of aliphatic hydroxyl groups excluding tert-OH is 2. The summed E-state index contributed by atoms with van der Waals surface area (Å²) < 4.78 is 74.0. The van der Waals surface area contributed by atoms with E-state index in [2.05, 4.69) is 26.3 Å². The van der Waals surface area contributed by atoms with Gasteiger partial charge in [-0.3, -0.25) is 38.6 Å². The van der Waals surface area contributed by atoms with Crippen LogP contribution in [0.5, 0.6) is 23.0 Å². The molecular weight excluding hydrogens is 1530 g/mol. The molecule has 7 atom stereocenters. The fraction of sp³-hybridized carbons (Fsp3) is 0.523. The molecule has 0 radical (unpaired) electrons. The molecule has 32 heteroatoms. The van der Waals surface area contributed by atoms with E-state index in [1.165, 1.54) is 43.1 Å². The molecule has 0 aromatic heterocycles. The van der Waals surface area contributed by atoms with Gasteiger partial charge in [0.05, 0.1) is 168 Å². The molecular formula is C86H115N9O23. The topological polar surface area (TPSA) is 370 Å². The average molecular weight is 1640 g/mol. The molecule has 8 amide bonds. The van der Waals surface area contributed by atoms with Gasteiger partial charge in [-0.1, -0.05) is 91.7 Å². The first kappa shape index (κ1) is 91.8. The molecule has 5 aliphatic rings. The summed E-state index contributed by atoms with van der Waals surface area (Å²) in [5.74, 6) is -1.80. The molecule has 32 nitrogen and oxygen atoms in total. The molecule has 9 rings (SSSR count). The van der Waals surface area contributed by atoms with Crippen molar-refractivity contribution < 1.29 is 110 Å². The third-order valence-electron chi connectivity index (χ3n) is 19.8. The molecule has 6 N–H and O–H groups in total. The van der Waals surface area contributed by atoms with Crippen molar-refractivity contribution in [1.82, 2.24) is 30.7 Å². The summed E-state index contributed by atoms with van der Waals surface area (Å²) in [6.07, 6.45) is 5.75. The van der Waals surface area contributed by atoms with Gasteiger partial charge in [0.2, 0.25) is 29.5 Å². The van der Waals surface area contributed by atoms with Crippen LogP contribution in [0, 0.1) is 11.8 Å². The maximum Gasteiger partial charge on any atom is 0.416 e. The normalized spacial score (nSPS) is 17.7. The van der Waals surface area contributed by atoms with Crippen LogP contribution >= 0.6 is 0 Å². The van der Waals surface area contributed by atoms with Crippen molar-refractivity contribution in [2.24, 2.45) is 16.8 Å². The Bertz CT molecular complexity index is 4100. The van der Waals surface area contributed by atoms with Crippen molar-refractivity contribution in [3.63, 3.8) is 0 Å². The lowest BCUT2D eigenvalue weighted by atomic mass is 9.98. The number of carbonyl (C=O) groups is 8. The zero-order chi connectivity index (χ0) is 84.1. The van der Waals surface area contributed by atoms with Crippen molar-refractivity contribution in [3.8, 4) is 23.0 Å². The molecule has 0 saturated carbocycles. The predicted octanol–water partition coefficient (Wildman–Crippen LogP) is 7.91. The van der Waals surface area contributed by atoms with Crippen molar-refractivity contribution in [3.05, 3.63) is 149 Å². The van der Waals surface area contributed by atoms with Crippen LogP contribution in [0.1, 0.15) is 118 Å². The highest BCUT2D eigenvalue weighted by atomic mass is 16.6. The second-order valence-electron chi connectivity index (χ2n) is 29.2. The Labute approximate surface area is 689 Å². The summed E-state index contributed by atoms with van der Waals surface area (Å²) in [5, 5.41) is 33.6. The van der Waals surface area contributed by atoms with Gasteiger partial charge in [0.15, 0.2) is 29.2 Å². The number of fused-ring (bicyclic) bond motifs is 4. The highest BCUT2D eigenvalue weighted by Crippen LogP contribution is 2.43. The van der Waals surface area contributed by atoms with Gasteiger partial charge in [-0.15, -0.1) is 0 Å². The smallest absolute Gasteiger partial charge is 0.416 e. The van der Waals surface area contributed by atoms with Gasteiger partial charge >= 0.3 is 6.09 Å². The fourth-order valence-corrected chi connectivity index (χ4v) is 13.5. The van der Waals surface area contributed by atoms with E-state index < -0.39 is 60.3 Å². The first-order valence-corrected chi connectivity index (χ1v) is 40.3. The second kappa shape index (κ2) is 48.7. The van der Waals surface area contributed by atoms with Crippen LogP contribution < -0.4 is 45.1 Å². The van der Waals surface area contributed by atoms with E-state index in [9.17, 15) is 48.6 Å². The van der Waals surface area contributed by atoms with Crippen LogP contribution in [0.2, 0.25) is 0 Å². The van der Waals surface area contributed by atoms with Crippen LogP contribution in [-0.4, -0.2) is 261 Å². The van der Waals surface area contributed by atoms with Crippen molar-refractivity contribution in [1.29, 1.82) is 0 Å². The van der Waals surface area contributed by atoms with E-state index in [0.717, 1.165) is 28.0 Å². The quantitative estimate of drug-likeness (QED) is 0.0229. The standard InChI is InChI=1S/C86H115N9O23/c1-58(2)79(91-77(97)25-30-108-32-34-110-36-38-112-40-42-114-44-45-115-43-41-113-39-37-111-35-33-109-31-26-87-76(96)24-27-92-78(98)49-64(82(92)101)48-62-18-14-11-9-8-10-12-15-19-62)81(100)89-61(5)80(99)90-65-22-20-63(21-23-65)57-118-86(105)95-70-53-75(73(107-7)51-68(70)84(103)94-56-60(4)47-71(94)85(95)104)117-29-17-13-16-28-116-74-52-69-67(50-72(74)106-6)83(102)93-55-59(3)46-66(93)54-88-69/h8-12,14-15,18-23,50-56,58,61,64,66,71,78-79,85,98,104H,13,16-17,24-49,57H2,1-7H3,(H,87,96)(H,89,100)(H,90,99)(H,91,97). The van der Waals surface area contributed by atoms with Gasteiger partial charge in [-0.2, -0.15) is 0 Å². The summed E-state index contributed by atoms with van der Waals surface area (Å²) in [5.41, 5.74) is 4.90. The lowest BCUT2D eigenvalue weighted by Gasteiger charge is -2.31. The number of likely N-dealkylation sites (tertiary alicyclic amines) is 1. The third kappa shape index (κ3) is 28.3. The minimum absolute atomic E-state index is 0.0158. The molecule has 5 aliphatic heterocycles. The minimum Gasteiger partial charge on any atom is -0.493 e. The van der Waals surface area contributed by atoms with Crippen LogP contribution in [0.3, 0.4) is 0 Å². The number of nitrogens with one attached hydrogen (secondary N) is 4. The number of hydrogen-bond donors (Lipinski definition) is 6. The Hall–Kier alpha value is -10.1. The molecule has 642 valence electrons. The van der Waals surface area contributed by atoms with Gasteiger partial charge in [0, 0.05) is 74.7 Å². The van der Waals surface area contributed by atoms with Gasteiger partial charge in [-0.05, 0) is 101 Å². The van der Waals surface area contributed by atoms with Gasteiger partial charge < -0.3 is 108 Å². The maximum atomic E-state index is 14.3. The number of nitrogens with zero attached hydrogens (tertiary/aromatic N) is 5. The number of aliphatic imine (C=N–C) groups is 1. The molecule has 1 saturated heterocycles. The first-order valence-electron chi connectivity index (χ1n) is 40.3. The molecule has 0 spiro atoms. The summed E-state index contributed by atoms with van der Waals surface area (Å²) in [4.78, 5) is 117. The number of ether oxygens (including phenoxy) is 13. The van der Waals surface area contributed by atoms with E-state index in [0.29, 0.717) is 172 Å². The van der Waals surface area contributed by atoms with Crippen molar-refractivity contribution in [2.45, 2.75) is 136 Å². The van der Waals surface area contributed by atoms with E-state index in [4.69, 9.17) is 61.6 Å². The highest BCUT2D eigenvalue weighted by molar-refractivity contribution is 6.07. The number of carbonyl (C=O) groups excluding carboxylic acids is 8. The maximum absolute atomic E-state index is 14.3. The molecule has 0 bridgehead atoms. The largest absolute Gasteiger partial charge is 0.493 e. The fourth-order valence-electron chi connectivity index (χ4n) is 13.5. The van der Waals surface area contributed by atoms with Crippen LogP contribution in [0.4, 0.5) is 21.9 Å². The Kier molecular flexibility index (Phi) is 37.9. The zero-order valence-corrected chi connectivity index (χ0v) is 68.6. The summed E-state index contributed by atoms with van der Waals surface area (Å²) >= 11 is 0. The first-order chi connectivity index (χ1) is 57.2. The molecule has 118 heavy (non-hydrogen) atoms. The number of aliphatic hydroxyl groups is 2. The monoisotopic (exact) mass is 1640 g/mol. The van der Waals surface area contributed by atoms with Crippen molar-refractivity contribution in [2.75, 3.05) is 156 Å². The number of rotatable bonds is 50. The summed E-state index contributed by atoms with van der Waals surface area (Å²) in [6, 6.07) is 27.3. The number of methoxy groups -OCH3 is 2. The molecule has 1 fully saturated rings. The Morgan fingerprint density at radius 3 is 1.67 bits per heavy atom. The molecule has 4 aromatic rings. The van der Waals surface area contributed by atoms with Gasteiger partial charge in [-0.25, -0.2) is 9.69 Å². The second-order valence-corrected chi connectivity index (χ2v) is 29.2. The summed E-state index contributed by atoms with van der Waals surface area (Å²) in [6.45, 7) is 15.1. The number of anilines is 2. The highest BCUT2D eigenvalue weighted by Gasteiger charge is 2.46. The molecule has 7 unspecified atom stereocenters. The van der Waals surface area contributed by atoms with E-state index in [1.807, 2.05) is 74.6 Å².